The van der Waals surface area contributed by atoms with E-state index in [1.807, 2.05) is 30.3 Å². The van der Waals surface area contributed by atoms with Crippen LogP contribution in [0.1, 0.15) is 36.3 Å². The average Bonchev–Trinajstić information content (AvgIpc) is 3.48. The Morgan fingerprint density at radius 1 is 1.04 bits per heavy atom. The average molecular weight is 385 g/mol. The Kier molecular flexibility index (Phi) is 4.65. The van der Waals surface area contributed by atoms with Crippen molar-refractivity contribution in [2.45, 2.75) is 30.6 Å². The Labute approximate surface area is 161 Å². The number of carboxylic acids is 1. The van der Waals surface area contributed by atoms with E-state index in [1.165, 1.54) is 12.1 Å². The lowest BCUT2D eigenvalue weighted by Gasteiger charge is -2.39. The van der Waals surface area contributed by atoms with Crippen molar-refractivity contribution in [3.8, 4) is 0 Å². The molecule has 1 heterocycles. The molecule has 6 heteroatoms. The van der Waals surface area contributed by atoms with Gasteiger partial charge in [0.15, 0.2) is 0 Å². The van der Waals surface area contributed by atoms with Crippen molar-refractivity contribution in [1.29, 1.82) is 0 Å². The number of nitrogens with zero attached hydrogens (tertiary/aromatic N) is 1. The zero-order chi connectivity index (χ0) is 19.9. The third-order valence-electron chi connectivity index (χ3n) is 6.13. The van der Waals surface area contributed by atoms with Gasteiger partial charge in [0.25, 0.3) is 0 Å². The molecule has 1 N–H and O–H groups in total. The summed E-state index contributed by atoms with van der Waals surface area (Å²) in [5.41, 5.74) is 0.151. The minimum absolute atomic E-state index is 0.0687. The lowest BCUT2D eigenvalue weighted by Crippen LogP contribution is -2.49. The van der Waals surface area contributed by atoms with Gasteiger partial charge in [-0.3, -0.25) is 9.59 Å². The van der Waals surface area contributed by atoms with Gasteiger partial charge in [0.2, 0.25) is 5.91 Å². The normalized spacial score (nSPS) is 23.3. The monoisotopic (exact) mass is 385 g/mol. The minimum atomic E-state index is -0.982. The molecule has 0 radical (unpaired) electrons. The number of halogens is 2. The molecule has 4 nitrogen and oxygen atoms in total. The number of hydrogen-bond acceptors (Lipinski definition) is 2. The summed E-state index contributed by atoms with van der Waals surface area (Å²) in [6.07, 6.45) is 1.24. The van der Waals surface area contributed by atoms with Crippen LogP contribution >= 0.6 is 0 Å². The molecule has 2 fully saturated rings. The van der Waals surface area contributed by atoms with Crippen molar-refractivity contribution in [3.63, 3.8) is 0 Å². The molecule has 2 aromatic rings. The minimum Gasteiger partial charge on any atom is -0.481 e. The van der Waals surface area contributed by atoms with Crippen LogP contribution in [0.5, 0.6) is 0 Å². The number of aliphatic carboxylic acids is 1. The second-order valence-corrected chi connectivity index (χ2v) is 7.69. The molecule has 1 saturated carbocycles. The Hall–Kier alpha value is -2.76. The summed E-state index contributed by atoms with van der Waals surface area (Å²) in [5, 5.41) is 9.86. The van der Waals surface area contributed by atoms with Crippen molar-refractivity contribution in [2.75, 3.05) is 13.1 Å². The van der Waals surface area contributed by atoms with E-state index in [0.717, 1.165) is 11.6 Å². The molecule has 28 heavy (non-hydrogen) atoms. The predicted molar refractivity (Wildman–Crippen MR) is 98.8 cm³/mol. The van der Waals surface area contributed by atoms with E-state index >= 15 is 0 Å². The van der Waals surface area contributed by atoms with E-state index in [0.29, 0.717) is 37.9 Å². The summed E-state index contributed by atoms with van der Waals surface area (Å²) in [7, 11) is 0. The SMILES string of the molecule is O=C(C1CC1c1ccc(F)cc1F)N1CCC(C(=O)O)(c2ccccc2)CC1. The third-order valence-corrected chi connectivity index (χ3v) is 6.13. The molecular formula is C22H21F2NO3. The van der Waals surface area contributed by atoms with Gasteiger partial charge >= 0.3 is 5.97 Å². The van der Waals surface area contributed by atoms with Crippen molar-refractivity contribution >= 4 is 11.9 Å². The molecule has 2 aliphatic rings. The molecule has 2 atom stereocenters. The highest BCUT2D eigenvalue weighted by Crippen LogP contribution is 2.50. The summed E-state index contributed by atoms with van der Waals surface area (Å²) < 4.78 is 27.1. The molecule has 0 aromatic heterocycles. The van der Waals surface area contributed by atoms with E-state index in [1.54, 1.807) is 4.90 Å². The number of rotatable bonds is 4. The zero-order valence-electron chi connectivity index (χ0n) is 15.3. The third kappa shape index (κ3) is 3.17. The Balaban J connectivity index is 1.44. The van der Waals surface area contributed by atoms with E-state index in [-0.39, 0.29) is 17.7 Å². The number of likely N-dealkylation sites (tertiary alicyclic amines) is 1. The van der Waals surface area contributed by atoms with Gasteiger partial charge in [-0.05, 0) is 42.4 Å². The maximum atomic E-state index is 14.0. The Bertz CT molecular complexity index is 907. The second-order valence-electron chi connectivity index (χ2n) is 7.69. The fourth-order valence-corrected chi connectivity index (χ4v) is 4.34. The van der Waals surface area contributed by atoms with Gasteiger partial charge in [0, 0.05) is 25.1 Å². The van der Waals surface area contributed by atoms with Crippen molar-refractivity contribution < 1.29 is 23.5 Å². The largest absolute Gasteiger partial charge is 0.481 e. The van der Waals surface area contributed by atoms with Crippen LogP contribution in [0.15, 0.2) is 48.5 Å². The van der Waals surface area contributed by atoms with Gasteiger partial charge in [-0.1, -0.05) is 36.4 Å². The van der Waals surface area contributed by atoms with Crippen LogP contribution in [-0.4, -0.2) is 35.0 Å². The van der Waals surface area contributed by atoms with E-state index in [4.69, 9.17) is 0 Å². The first-order chi connectivity index (χ1) is 13.4. The molecule has 2 aromatic carbocycles. The maximum Gasteiger partial charge on any atom is 0.314 e. The second kappa shape index (κ2) is 7.00. The van der Waals surface area contributed by atoms with Gasteiger partial charge in [0.1, 0.15) is 11.6 Å². The number of carbonyl (C=O) groups excluding carboxylic acids is 1. The van der Waals surface area contributed by atoms with Crippen LogP contribution in [0.3, 0.4) is 0 Å². The topological polar surface area (TPSA) is 57.6 Å². The Morgan fingerprint density at radius 3 is 2.32 bits per heavy atom. The molecule has 2 unspecified atom stereocenters. The highest BCUT2D eigenvalue weighted by atomic mass is 19.1. The van der Waals surface area contributed by atoms with E-state index in [9.17, 15) is 23.5 Å². The first-order valence-corrected chi connectivity index (χ1v) is 9.45. The summed E-state index contributed by atoms with van der Waals surface area (Å²) in [6.45, 7) is 0.713. The molecule has 1 saturated heterocycles. The summed E-state index contributed by atoms with van der Waals surface area (Å²) in [5.74, 6) is -2.73. The molecule has 1 aliphatic heterocycles. The predicted octanol–water partition coefficient (Wildman–Crippen LogP) is 3.71. The molecule has 0 bridgehead atoms. The van der Waals surface area contributed by atoms with Crippen molar-refractivity contribution in [3.05, 3.63) is 71.3 Å². The molecule has 1 amide bonds. The number of piperidine rings is 1. The molecule has 0 spiro atoms. The summed E-state index contributed by atoms with van der Waals surface area (Å²) in [4.78, 5) is 26.5. The number of carboxylic acid groups (broad SMARTS) is 1. The highest BCUT2D eigenvalue weighted by Gasteiger charge is 2.49. The fourth-order valence-electron chi connectivity index (χ4n) is 4.34. The van der Waals surface area contributed by atoms with E-state index < -0.39 is 23.0 Å². The molecule has 146 valence electrons. The van der Waals surface area contributed by atoms with Gasteiger partial charge < -0.3 is 10.0 Å². The van der Waals surface area contributed by atoms with Crippen LogP contribution in [0.4, 0.5) is 8.78 Å². The van der Waals surface area contributed by atoms with Gasteiger partial charge in [-0.2, -0.15) is 0 Å². The smallest absolute Gasteiger partial charge is 0.314 e. The maximum absolute atomic E-state index is 14.0. The van der Waals surface area contributed by atoms with Crippen LogP contribution < -0.4 is 0 Å². The first kappa shape index (κ1) is 18.6. The van der Waals surface area contributed by atoms with Crippen LogP contribution in [0.2, 0.25) is 0 Å². The van der Waals surface area contributed by atoms with Gasteiger partial charge in [0.05, 0.1) is 5.41 Å². The molecular weight excluding hydrogens is 364 g/mol. The van der Waals surface area contributed by atoms with Crippen LogP contribution in [0, 0.1) is 17.6 Å². The van der Waals surface area contributed by atoms with Crippen molar-refractivity contribution in [1.82, 2.24) is 4.90 Å². The van der Waals surface area contributed by atoms with Crippen LogP contribution in [-0.2, 0) is 15.0 Å². The lowest BCUT2D eigenvalue weighted by atomic mass is 9.73. The fraction of sp³-hybridized carbons (Fsp3) is 0.364. The van der Waals surface area contributed by atoms with Crippen molar-refractivity contribution in [2.24, 2.45) is 5.92 Å². The highest BCUT2D eigenvalue weighted by molar-refractivity contribution is 5.85. The summed E-state index contributed by atoms with van der Waals surface area (Å²) >= 11 is 0. The van der Waals surface area contributed by atoms with Crippen LogP contribution in [0.25, 0.3) is 0 Å². The number of benzene rings is 2. The molecule has 4 rings (SSSR count). The molecule has 1 aliphatic carbocycles. The number of amides is 1. The Morgan fingerprint density at radius 2 is 1.71 bits per heavy atom. The lowest BCUT2D eigenvalue weighted by molar-refractivity contribution is -0.148. The quantitative estimate of drug-likeness (QED) is 0.873. The number of carbonyl (C=O) groups is 2. The zero-order valence-corrected chi connectivity index (χ0v) is 15.3. The standard InChI is InChI=1S/C22H21F2NO3/c23-15-6-7-16(19(24)12-15)17-13-18(17)20(26)25-10-8-22(9-11-25,21(27)28)14-4-2-1-3-5-14/h1-7,12,17-18H,8-11,13H2,(H,27,28). The van der Waals surface area contributed by atoms with Gasteiger partial charge in [-0.25, -0.2) is 8.78 Å². The van der Waals surface area contributed by atoms with E-state index in [2.05, 4.69) is 0 Å². The first-order valence-electron chi connectivity index (χ1n) is 9.45. The number of hydrogen-bond donors (Lipinski definition) is 1. The van der Waals surface area contributed by atoms with Gasteiger partial charge in [-0.15, -0.1) is 0 Å². The summed E-state index contributed by atoms with van der Waals surface area (Å²) in [6, 6.07) is 12.6.